The third-order valence-corrected chi connectivity index (χ3v) is 5.69. The van der Waals surface area contributed by atoms with Gasteiger partial charge in [0.1, 0.15) is 5.82 Å². The zero-order valence-electron chi connectivity index (χ0n) is 13.6. The van der Waals surface area contributed by atoms with Gasteiger partial charge in [-0.15, -0.1) is 11.3 Å². The number of nitrogens with one attached hydrogen (secondary N) is 1. The average molecular weight is 341 g/mol. The number of hydrogen-bond donors (Lipinski definition) is 1. The second-order valence-electron chi connectivity index (χ2n) is 6.28. The summed E-state index contributed by atoms with van der Waals surface area (Å²) in [6.07, 6.45) is 5.24. The predicted molar refractivity (Wildman–Crippen MR) is 95.4 cm³/mol. The van der Waals surface area contributed by atoms with Crippen LogP contribution in [0.4, 0.5) is 4.39 Å². The summed E-state index contributed by atoms with van der Waals surface area (Å²) in [5.41, 5.74) is 4.22. The maximum Gasteiger partial charge on any atom is 0.128 e. The van der Waals surface area contributed by atoms with Crippen LogP contribution < -0.4 is 5.32 Å². The number of halogens is 1. The second-order valence-corrected chi connectivity index (χ2v) is 7.23. The normalized spacial score (nSPS) is 17.0. The Morgan fingerprint density at radius 3 is 3.08 bits per heavy atom. The first-order valence-corrected chi connectivity index (χ1v) is 9.17. The topological polar surface area (TPSA) is 29.9 Å². The lowest BCUT2D eigenvalue weighted by Crippen LogP contribution is -2.25. The summed E-state index contributed by atoms with van der Waals surface area (Å²) >= 11 is 1.63. The zero-order chi connectivity index (χ0) is 16.5. The van der Waals surface area contributed by atoms with Crippen LogP contribution in [-0.2, 0) is 20.0 Å². The van der Waals surface area contributed by atoms with Gasteiger partial charge in [-0.2, -0.15) is 5.10 Å². The molecule has 2 heterocycles. The second kappa shape index (κ2) is 6.49. The Morgan fingerprint density at radius 2 is 2.29 bits per heavy atom. The van der Waals surface area contributed by atoms with Gasteiger partial charge < -0.3 is 5.32 Å². The van der Waals surface area contributed by atoms with Crippen molar-refractivity contribution in [1.29, 1.82) is 0 Å². The van der Waals surface area contributed by atoms with Gasteiger partial charge in [-0.05, 0) is 42.3 Å². The van der Waals surface area contributed by atoms with Gasteiger partial charge in [-0.1, -0.05) is 18.2 Å². The fourth-order valence-electron chi connectivity index (χ4n) is 3.44. The standard InChI is InChI=1S/C19H20FN3S/c1-23-18-5-2-4-17(15(18)12-22-23)21-11-14-8-7-13(10-16(14)20)19-6-3-9-24-19/h3,6-10,12,17,21H,2,4-5,11H2,1H3/t17-/m1/s1. The molecule has 0 saturated carbocycles. The minimum Gasteiger partial charge on any atom is -0.306 e. The summed E-state index contributed by atoms with van der Waals surface area (Å²) < 4.78 is 16.4. The van der Waals surface area contributed by atoms with Crippen molar-refractivity contribution in [3.8, 4) is 10.4 Å². The monoisotopic (exact) mass is 341 g/mol. The maximum absolute atomic E-state index is 14.4. The minimum atomic E-state index is -0.143. The largest absolute Gasteiger partial charge is 0.306 e. The van der Waals surface area contributed by atoms with Crippen LogP contribution in [0.2, 0.25) is 0 Å². The van der Waals surface area contributed by atoms with Crippen molar-refractivity contribution in [1.82, 2.24) is 15.1 Å². The van der Waals surface area contributed by atoms with E-state index >= 15 is 0 Å². The van der Waals surface area contributed by atoms with Crippen LogP contribution in [0.5, 0.6) is 0 Å². The van der Waals surface area contributed by atoms with Crippen molar-refractivity contribution in [2.45, 2.75) is 31.8 Å². The van der Waals surface area contributed by atoms with Gasteiger partial charge in [0.05, 0.1) is 6.20 Å². The Bertz CT molecular complexity index is 838. The first-order valence-electron chi connectivity index (χ1n) is 8.29. The Hall–Kier alpha value is -1.98. The van der Waals surface area contributed by atoms with Crippen LogP contribution in [-0.4, -0.2) is 9.78 Å². The Balaban J connectivity index is 1.49. The average Bonchev–Trinajstić information content (AvgIpc) is 3.24. The van der Waals surface area contributed by atoms with E-state index < -0.39 is 0 Å². The molecule has 1 aliphatic carbocycles. The molecule has 4 rings (SSSR count). The lowest BCUT2D eigenvalue weighted by atomic mass is 9.93. The molecule has 0 radical (unpaired) electrons. The van der Waals surface area contributed by atoms with E-state index in [-0.39, 0.29) is 11.9 Å². The number of aryl methyl sites for hydroxylation is 1. The van der Waals surface area contributed by atoms with Crippen LogP contribution in [0, 0.1) is 5.82 Å². The first-order chi connectivity index (χ1) is 11.7. The molecule has 0 unspecified atom stereocenters. The summed E-state index contributed by atoms with van der Waals surface area (Å²) in [4.78, 5) is 1.10. The van der Waals surface area contributed by atoms with Crippen molar-refractivity contribution in [3.63, 3.8) is 0 Å². The van der Waals surface area contributed by atoms with Crippen LogP contribution in [0.15, 0.2) is 41.9 Å². The highest BCUT2D eigenvalue weighted by Gasteiger charge is 2.23. The van der Waals surface area contributed by atoms with Crippen LogP contribution in [0.25, 0.3) is 10.4 Å². The SMILES string of the molecule is Cn1ncc2c1CCC[C@H]2NCc1ccc(-c2cccs2)cc1F. The van der Waals surface area contributed by atoms with E-state index in [9.17, 15) is 4.39 Å². The van der Waals surface area contributed by atoms with E-state index in [0.29, 0.717) is 12.1 Å². The lowest BCUT2D eigenvalue weighted by Gasteiger charge is -2.24. The van der Waals surface area contributed by atoms with Crippen LogP contribution >= 0.6 is 11.3 Å². The van der Waals surface area contributed by atoms with E-state index in [1.165, 1.54) is 11.3 Å². The van der Waals surface area contributed by atoms with Gasteiger partial charge in [-0.3, -0.25) is 4.68 Å². The number of aromatic nitrogens is 2. The third-order valence-electron chi connectivity index (χ3n) is 4.77. The lowest BCUT2D eigenvalue weighted by molar-refractivity contribution is 0.446. The number of benzene rings is 1. The first kappa shape index (κ1) is 15.5. The zero-order valence-corrected chi connectivity index (χ0v) is 14.4. The molecule has 1 atom stereocenters. The molecular weight excluding hydrogens is 321 g/mol. The molecule has 1 aromatic carbocycles. The van der Waals surface area contributed by atoms with Gasteiger partial charge in [0, 0.05) is 41.3 Å². The van der Waals surface area contributed by atoms with Crippen LogP contribution in [0.3, 0.4) is 0 Å². The summed E-state index contributed by atoms with van der Waals surface area (Å²) in [6, 6.07) is 9.80. The van der Waals surface area contributed by atoms with Gasteiger partial charge in [0.2, 0.25) is 0 Å². The molecule has 3 nitrogen and oxygen atoms in total. The van der Waals surface area contributed by atoms with E-state index in [0.717, 1.165) is 29.7 Å². The van der Waals surface area contributed by atoms with Gasteiger partial charge in [0.25, 0.3) is 0 Å². The molecule has 3 aromatic rings. The minimum absolute atomic E-state index is 0.143. The molecule has 24 heavy (non-hydrogen) atoms. The summed E-state index contributed by atoms with van der Waals surface area (Å²) in [5.74, 6) is -0.143. The summed E-state index contributed by atoms with van der Waals surface area (Å²) in [7, 11) is 1.99. The number of hydrogen-bond acceptors (Lipinski definition) is 3. The number of fused-ring (bicyclic) bond motifs is 1. The molecule has 0 saturated heterocycles. The molecule has 1 aliphatic rings. The van der Waals surface area contributed by atoms with E-state index in [4.69, 9.17) is 0 Å². The maximum atomic E-state index is 14.4. The van der Waals surface area contributed by atoms with Crippen molar-refractivity contribution in [3.05, 3.63) is 64.5 Å². The Kier molecular flexibility index (Phi) is 4.21. The highest BCUT2D eigenvalue weighted by molar-refractivity contribution is 7.13. The van der Waals surface area contributed by atoms with Crippen molar-refractivity contribution in [2.24, 2.45) is 7.05 Å². The molecule has 0 bridgehead atoms. The van der Waals surface area contributed by atoms with Crippen molar-refractivity contribution >= 4 is 11.3 Å². The van der Waals surface area contributed by atoms with Crippen molar-refractivity contribution in [2.75, 3.05) is 0 Å². The van der Waals surface area contributed by atoms with E-state index in [1.807, 2.05) is 47.6 Å². The van der Waals surface area contributed by atoms with Gasteiger partial charge in [-0.25, -0.2) is 4.39 Å². The smallest absolute Gasteiger partial charge is 0.128 e. The quantitative estimate of drug-likeness (QED) is 0.759. The highest BCUT2D eigenvalue weighted by atomic mass is 32.1. The highest BCUT2D eigenvalue weighted by Crippen LogP contribution is 2.30. The summed E-state index contributed by atoms with van der Waals surface area (Å²) in [5, 5.41) is 9.89. The van der Waals surface area contributed by atoms with E-state index in [2.05, 4.69) is 10.4 Å². The molecule has 124 valence electrons. The van der Waals surface area contributed by atoms with E-state index in [1.54, 1.807) is 17.4 Å². The summed E-state index contributed by atoms with van der Waals surface area (Å²) in [6.45, 7) is 0.537. The number of rotatable bonds is 4. The Labute approximate surface area is 145 Å². The molecule has 0 spiro atoms. The fourth-order valence-corrected chi connectivity index (χ4v) is 4.16. The van der Waals surface area contributed by atoms with Gasteiger partial charge in [0.15, 0.2) is 0 Å². The molecular formula is C19H20FN3S. The molecule has 2 aromatic heterocycles. The van der Waals surface area contributed by atoms with Crippen molar-refractivity contribution < 1.29 is 4.39 Å². The molecule has 0 amide bonds. The van der Waals surface area contributed by atoms with Crippen LogP contribution in [0.1, 0.15) is 35.7 Å². The van der Waals surface area contributed by atoms with Gasteiger partial charge >= 0.3 is 0 Å². The molecule has 0 fully saturated rings. The molecule has 0 aliphatic heterocycles. The molecule has 1 N–H and O–H groups in total. The third kappa shape index (κ3) is 2.89. The number of thiophene rings is 1. The predicted octanol–water partition coefficient (Wildman–Crippen LogP) is 4.45. The fraction of sp³-hybridized carbons (Fsp3) is 0.316. The Morgan fingerprint density at radius 1 is 1.38 bits per heavy atom. The molecule has 5 heteroatoms. The number of nitrogens with zero attached hydrogens (tertiary/aromatic N) is 2.